The van der Waals surface area contributed by atoms with E-state index in [9.17, 15) is 4.79 Å². The molecule has 0 unspecified atom stereocenters. The van der Waals surface area contributed by atoms with Gasteiger partial charge in [0.25, 0.3) is 0 Å². The molecule has 2 aliphatic carbocycles. The second-order valence-corrected chi connectivity index (χ2v) is 15.8. The quantitative estimate of drug-likeness (QED) is 0.179. The SMILES string of the molecule is Cc1cc(C(C)(C)C)cc(C)c1N1c2ccccc2C2(c3ccccc3-c3cc4c(cc32)C(C)(C)c2ccccc2C4=O)c2ccccc21. The highest BCUT2D eigenvalue weighted by atomic mass is 16.1. The number of hydrogen-bond acceptors (Lipinski definition) is 2. The Balaban J connectivity index is 1.38. The molecule has 0 radical (unpaired) electrons. The van der Waals surface area contributed by atoms with Crippen molar-refractivity contribution in [2.75, 3.05) is 4.90 Å². The molecule has 0 saturated heterocycles. The van der Waals surface area contributed by atoms with Gasteiger partial charge in [0.05, 0.1) is 22.5 Å². The molecule has 49 heavy (non-hydrogen) atoms. The van der Waals surface area contributed by atoms with Gasteiger partial charge in [-0.05, 0) is 98.7 Å². The minimum atomic E-state index is -0.562. The Hall–Kier alpha value is -5.21. The molecular formula is C47H41NO. The monoisotopic (exact) mass is 635 g/mol. The van der Waals surface area contributed by atoms with Crippen LogP contribution in [-0.2, 0) is 16.2 Å². The van der Waals surface area contributed by atoms with E-state index in [4.69, 9.17) is 0 Å². The van der Waals surface area contributed by atoms with Crippen molar-refractivity contribution in [3.63, 3.8) is 0 Å². The number of hydrogen-bond donors (Lipinski definition) is 0. The van der Waals surface area contributed by atoms with Crippen molar-refractivity contribution in [2.24, 2.45) is 0 Å². The average molecular weight is 636 g/mol. The number of aryl methyl sites for hydroxylation is 2. The van der Waals surface area contributed by atoms with E-state index >= 15 is 0 Å². The van der Waals surface area contributed by atoms with Crippen LogP contribution in [0.3, 0.4) is 0 Å². The lowest BCUT2D eigenvalue weighted by Gasteiger charge is -2.46. The number of carbonyl (C=O) groups is 1. The van der Waals surface area contributed by atoms with Gasteiger partial charge in [0.2, 0.25) is 0 Å². The van der Waals surface area contributed by atoms with Gasteiger partial charge in [-0.3, -0.25) is 4.79 Å². The van der Waals surface area contributed by atoms with Gasteiger partial charge < -0.3 is 4.90 Å². The average Bonchev–Trinajstić information content (AvgIpc) is 3.37. The fourth-order valence-electron chi connectivity index (χ4n) is 9.35. The van der Waals surface area contributed by atoms with Gasteiger partial charge in [-0.15, -0.1) is 0 Å². The van der Waals surface area contributed by atoms with E-state index in [0.717, 1.165) is 27.8 Å². The molecule has 240 valence electrons. The van der Waals surface area contributed by atoms with Gasteiger partial charge in [-0.1, -0.05) is 138 Å². The molecule has 1 aliphatic heterocycles. The second kappa shape index (κ2) is 9.92. The smallest absolute Gasteiger partial charge is 0.193 e. The van der Waals surface area contributed by atoms with Crippen LogP contribution in [0.25, 0.3) is 11.1 Å². The summed E-state index contributed by atoms with van der Waals surface area (Å²) >= 11 is 0. The number of para-hydroxylation sites is 2. The van der Waals surface area contributed by atoms with Gasteiger partial charge in [0.1, 0.15) is 0 Å². The molecule has 0 fully saturated rings. The largest absolute Gasteiger partial charge is 0.309 e. The Morgan fingerprint density at radius 2 is 1.02 bits per heavy atom. The van der Waals surface area contributed by atoms with E-state index in [2.05, 4.69) is 163 Å². The van der Waals surface area contributed by atoms with E-state index in [0.29, 0.717) is 0 Å². The first-order valence-corrected chi connectivity index (χ1v) is 17.5. The molecule has 6 aromatic carbocycles. The second-order valence-electron chi connectivity index (χ2n) is 15.8. The van der Waals surface area contributed by atoms with Crippen molar-refractivity contribution in [1.29, 1.82) is 0 Å². The number of benzene rings is 6. The van der Waals surface area contributed by atoms with Crippen LogP contribution >= 0.6 is 0 Å². The van der Waals surface area contributed by atoms with Crippen LogP contribution in [0.2, 0.25) is 0 Å². The molecule has 9 rings (SSSR count). The molecule has 0 saturated carbocycles. The molecule has 0 atom stereocenters. The Morgan fingerprint density at radius 3 is 1.61 bits per heavy atom. The zero-order valence-electron chi connectivity index (χ0n) is 29.4. The van der Waals surface area contributed by atoms with Gasteiger partial charge in [-0.25, -0.2) is 0 Å². The number of rotatable bonds is 1. The van der Waals surface area contributed by atoms with Crippen LogP contribution in [0.5, 0.6) is 0 Å². The normalized spacial score (nSPS) is 16.0. The summed E-state index contributed by atoms with van der Waals surface area (Å²) in [6, 6.07) is 44.4. The predicted molar refractivity (Wildman–Crippen MR) is 202 cm³/mol. The lowest BCUT2D eigenvalue weighted by atomic mass is 9.62. The van der Waals surface area contributed by atoms with Crippen molar-refractivity contribution in [1.82, 2.24) is 0 Å². The van der Waals surface area contributed by atoms with Crippen molar-refractivity contribution in [2.45, 2.75) is 64.7 Å². The van der Waals surface area contributed by atoms with E-state index in [-0.39, 0.29) is 16.6 Å². The van der Waals surface area contributed by atoms with E-state index in [1.54, 1.807) is 0 Å². The summed E-state index contributed by atoms with van der Waals surface area (Å²) in [6.45, 7) is 15.9. The first-order chi connectivity index (χ1) is 23.5. The van der Waals surface area contributed by atoms with E-state index < -0.39 is 5.41 Å². The summed E-state index contributed by atoms with van der Waals surface area (Å²) in [5.74, 6) is 0.117. The van der Waals surface area contributed by atoms with E-state index in [1.807, 2.05) is 12.1 Å². The number of anilines is 3. The number of carbonyl (C=O) groups excluding carboxylic acids is 1. The minimum Gasteiger partial charge on any atom is -0.309 e. The molecule has 0 aromatic heterocycles. The van der Waals surface area contributed by atoms with Crippen LogP contribution in [0.1, 0.15) is 101 Å². The highest BCUT2D eigenvalue weighted by Gasteiger charge is 2.53. The Morgan fingerprint density at radius 1 is 0.510 bits per heavy atom. The lowest BCUT2D eigenvalue weighted by molar-refractivity contribution is 0.103. The van der Waals surface area contributed by atoms with E-state index in [1.165, 1.54) is 61.6 Å². The number of ketones is 1. The first kappa shape index (κ1) is 29.9. The van der Waals surface area contributed by atoms with Gasteiger partial charge in [-0.2, -0.15) is 0 Å². The molecule has 2 nitrogen and oxygen atoms in total. The van der Waals surface area contributed by atoms with Crippen LogP contribution in [-0.4, -0.2) is 5.78 Å². The maximum absolute atomic E-state index is 14.2. The van der Waals surface area contributed by atoms with Crippen LogP contribution in [0, 0.1) is 13.8 Å². The summed E-state index contributed by atoms with van der Waals surface area (Å²) in [4.78, 5) is 16.7. The van der Waals surface area contributed by atoms with Gasteiger partial charge in [0, 0.05) is 16.5 Å². The minimum absolute atomic E-state index is 0.0574. The molecule has 6 aromatic rings. The summed E-state index contributed by atoms with van der Waals surface area (Å²) in [5.41, 5.74) is 17.9. The molecule has 3 aliphatic rings. The number of nitrogens with zero attached hydrogens (tertiary/aromatic N) is 1. The van der Waals surface area contributed by atoms with Crippen LogP contribution in [0.4, 0.5) is 17.1 Å². The Labute approximate surface area is 290 Å². The third-order valence-electron chi connectivity index (χ3n) is 11.6. The standard InChI is InChI=1S/C47H41NO/c1-28-24-30(45(3,4)5)25-29(2)43(28)48-41-22-14-12-20-37(41)47(38-21-13-15-23-42(38)48)36-19-11-8-16-31(36)33-26-34-39(27-40(33)47)46(6,7)35-18-10-9-17-32(35)44(34)49/h8-27H,1-7H3. The Kier molecular flexibility index (Phi) is 6.05. The summed E-state index contributed by atoms with van der Waals surface area (Å²) in [6.07, 6.45) is 0. The maximum Gasteiger partial charge on any atom is 0.193 e. The fraction of sp³-hybridized carbons (Fsp3) is 0.213. The highest BCUT2D eigenvalue weighted by molar-refractivity contribution is 6.14. The molecule has 0 amide bonds. The topological polar surface area (TPSA) is 20.3 Å². The van der Waals surface area contributed by atoms with Crippen LogP contribution in [0.15, 0.2) is 121 Å². The summed E-state index contributed by atoms with van der Waals surface area (Å²) in [7, 11) is 0. The first-order valence-electron chi connectivity index (χ1n) is 17.5. The third-order valence-corrected chi connectivity index (χ3v) is 11.6. The predicted octanol–water partition coefficient (Wildman–Crippen LogP) is 11.6. The van der Waals surface area contributed by atoms with Gasteiger partial charge >= 0.3 is 0 Å². The molecule has 0 N–H and O–H groups in total. The lowest BCUT2D eigenvalue weighted by Crippen LogP contribution is -2.37. The number of fused-ring (bicyclic) bond motifs is 11. The zero-order chi connectivity index (χ0) is 34.0. The molecule has 1 spiro atoms. The van der Waals surface area contributed by atoms with Crippen molar-refractivity contribution in [3.8, 4) is 11.1 Å². The van der Waals surface area contributed by atoms with Crippen molar-refractivity contribution in [3.05, 3.63) is 183 Å². The molecule has 2 heteroatoms. The third kappa shape index (κ3) is 3.80. The molecule has 1 heterocycles. The summed E-state index contributed by atoms with van der Waals surface area (Å²) < 4.78 is 0. The van der Waals surface area contributed by atoms with Gasteiger partial charge in [0.15, 0.2) is 5.78 Å². The highest BCUT2D eigenvalue weighted by Crippen LogP contribution is 2.64. The fourth-order valence-corrected chi connectivity index (χ4v) is 9.35. The zero-order valence-corrected chi connectivity index (χ0v) is 29.4. The molecule has 0 bridgehead atoms. The molecular weight excluding hydrogens is 595 g/mol. The Bertz CT molecular complexity index is 2330. The van der Waals surface area contributed by atoms with Crippen molar-refractivity contribution >= 4 is 22.8 Å². The van der Waals surface area contributed by atoms with Crippen molar-refractivity contribution < 1.29 is 4.79 Å². The van der Waals surface area contributed by atoms with Crippen LogP contribution < -0.4 is 4.90 Å². The summed E-state index contributed by atoms with van der Waals surface area (Å²) in [5, 5.41) is 0. The maximum atomic E-state index is 14.2.